The van der Waals surface area contributed by atoms with Crippen LogP contribution < -0.4 is 25.4 Å². The summed E-state index contributed by atoms with van der Waals surface area (Å²) in [5.41, 5.74) is 2.39. The van der Waals surface area contributed by atoms with E-state index < -0.39 is 6.29 Å². The summed E-state index contributed by atoms with van der Waals surface area (Å²) in [6.07, 6.45) is 1.64. The van der Waals surface area contributed by atoms with Crippen LogP contribution in [0.2, 0.25) is 0 Å². The topological polar surface area (TPSA) is 87.8 Å². The van der Waals surface area contributed by atoms with Crippen molar-refractivity contribution in [3.8, 4) is 11.5 Å². The summed E-state index contributed by atoms with van der Waals surface area (Å²) in [5, 5.41) is 9.46. The molecule has 0 spiro atoms. The molecular weight excluding hydrogens is 480 g/mol. The highest BCUT2D eigenvalue weighted by atomic mass is 19.3. The Hall–Kier alpha value is -3.92. The number of anilines is 3. The molecule has 37 heavy (non-hydrogen) atoms. The first kappa shape index (κ1) is 24.8. The van der Waals surface area contributed by atoms with Gasteiger partial charge >= 0.3 is 6.29 Å². The van der Waals surface area contributed by atoms with Gasteiger partial charge in [0.15, 0.2) is 11.5 Å². The number of ether oxygens (including phenoxy) is 2. The van der Waals surface area contributed by atoms with Crippen molar-refractivity contribution in [2.24, 2.45) is 0 Å². The molecular formula is C27H29F2N5O3. The van der Waals surface area contributed by atoms with Crippen LogP contribution in [0.3, 0.4) is 0 Å². The molecule has 3 N–H and O–H groups in total. The second-order valence-electron chi connectivity index (χ2n) is 9.22. The summed E-state index contributed by atoms with van der Waals surface area (Å²) in [5.74, 6) is 0.218. The predicted molar refractivity (Wildman–Crippen MR) is 137 cm³/mol. The highest BCUT2D eigenvalue weighted by Crippen LogP contribution is 2.42. The van der Waals surface area contributed by atoms with Gasteiger partial charge in [-0.2, -0.15) is 0 Å². The Kier molecular flexibility index (Phi) is 7.09. The van der Waals surface area contributed by atoms with Crippen molar-refractivity contribution >= 4 is 23.1 Å². The van der Waals surface area contributed by atoms with Gasteiger partial charge in [-0.15, -0.1) is 8.78 Å². The van der Waals surface area contributed by atoms with E-state index in [1.54, 1.807) is 18.3 Å². The molecule has 0 saturated carbocycles. The minimum atomic E-state index is -3.71. The smallest absolute Gasteiger partial charge is 0.395 e. The molecule has 1 atom stereocenters. The van der Waals surface area contributed by atoms with Crippen LogP contribution in [-0.4, -0.2) is 48.3 Å². The van der Waals surface area contributed by atoms with E-state index in [0.29, 0.717) is 29.5 Å². The number of nitrogens with zero attached hydrogens (tertiary/aromatic N) is 2. The van der Waals surface area contributed by atoms with Gasteiger partial charge in [0, 0.05) is 42.8 Å². The molecule has 5 rings (SSSR count). The first-order valence-electron chi connectivity index (χ1n) is 12.3. The van der Waals surface area contributed by atoms with Crippen molar-refractivity contribution in [3.05, 3.63) is 71.9 Å². The Morgan fingerprint density at radius 3 is 2.78 bits per heavy atom. The number of pyridine rings is 1. The van der Waals surface area contributed by atoms with E-state index in [9.17, 15) is 13.6 Å². The molecule has 8 nitrogen and oxygen atoms in total. The normalized spacial score (nSPS) is 18.0. The van der Waals surface area contributed by atoms with Crippen LogP contribution in [0.5, 0.6) is 11.5 Å². The van der Waals surface area contributed by atoms with Gasteiger partial charge in [-0.1, -0.05) is 12.1 Å². The molecule has 1 fully saturated rings. The minimum Gasteiger partial charge on any atom is -0.395 e. The lowest BCUT2D eigenvalue weighted by molar-refractivity contribution is -0.286. The first-order valence-corrected chi connectivity index (χ1v) is 12.3. The molecule has 1 amide bonds. The summed E-state index contributed by atoms with van der Waals surface area (Å²) in [7, 11) is 2.18. The number of amides is 1. The standard InChI is InChI=1S/C27H29F2N5O3/c1-34-14-4-5-20(34)11-13-31-25-15-18(10-12-30-25)17-32-22-7-3-2-6-21(22)26(35)33-19-8-9-23-24(16-19)37-27(28,29)36-23/h2-3,6-10,12,15-16,20,32H,4-5,11,13-14,17H2,1H3,(H,30,31)(H,33,35). The summed E-state index contributed by atoms with van der Waals surface area (Å²) in [4.78, 5) is 19.8. The zero-order valence-corrected chi connectivity index (χ0v) is 20.5. The van der Waals surface area contributed by atoms with Gasteiger partial charge < -0.3 is 30.3 Å². The molecule has 1 saturated heterocycles. The second kappa shape index (κ2) is 10.6. The average molecular weight is 510 g/mol. The average Bonchev–Trinajstić information content (AvgIpc) is 3.43. The summed E-state index contributed by atoms with van der Waals surface area (Å²) < 4.78 is 35.4. The van der Waals surface area contributed by atoms with Crippen LogP contribution in [-0.2, 0) is 6.54 Å². The van der Waals surface area contributed by atoms with Gasteiger partial charge in [-0.3, -0.25) is 4.79 Å². The molecule has 0 aliphatic carbocycles. The van der Waals surface area contributed by atoms with Gasteiger partial charge in [-0.05, 0) is 74.8 Å². The maximum absolute atomic E-state index is 13.3. The van der Waals surface area contributed by atoms with E-state index in [1.807, 2.05) is 24.3 Å². The number of hydrogen-bond donors (Lipinski definition) is 3. The quantitative estimate of drug-likeness (QED) is 0.367. The van der Waals surface area contributed by atoms with Crippen LogP contribution in [0.4, 0.5) is 26.0 Å². The van der Waals surface area contributed by atoms with Gasteiger partial charge in [0.2, 0.25) is 0 Å². The van der Waals surface area contributed by atoms with Gasteiger partial charge in [0.1, 0.15) is 5.82 Å². The number of fused-ring (bicyclic) bond motifs is 1. The number of para-hydroxylation sites is 1. The lowest BCUT2D eigenvalue weighted by atomic mass is 10.1. The molecule has 0 bridgehead atoms. The van der Waals surface area contributed by atoms with Crippen molar-refractivity contribution in [2.75, 3.05) is 36.1 Å². The number of rotatable bonds is 9. The van der Waals surface area contributed by atoms with Crippen molar-refractivity contribution in [1.29, 1.82) is 0 Å². The lowest BCUT2D eigenvalue weighted by Crippen LogP contribution is -2.27. The largest absolute Gasteiger partial charge is 0.586 e. The number of carbonyl (C=O) groups excluding carboxylic acids is 1. The fourth-order valence-corrected chi connectivity index (χ4v) is 4.65. The van der Waals surface area contributed by atoms with E-state index in [2.05, 4.69) is 42.4 Å². The molecule has 1 unspecified atom stereocenters. The summed E-state index contributed by atoms with van der Waals surface area (Å²) >= 11 is 0. The van der Waals surface area contributed by atoms with E-state index in [4.69, 9.17) is 0 Å². The minimum absolute atomic E-state index is 0.0813. The Labute approximate surface area is 214 Å². The summed E-state index contributed by atoms with van der Waals surface area (Å²) in [6, 6.07) is 15.8. The number of halogens is 2. The molecule has 0 radical (unpaired) electrons. The fourth-order valence-electron chi connectivity index (χ4n) is 4.65. The summed E-state index contributed by atoms with van der Waals surface area (Å²) in [6.45, 7) is 2.52. The maximum Gasteiger partial charge on any atom is 0.586 e. The van der Waals surface area contributed by atoms with Crippen molar-refractivity contribution in [1.82, 2.24) is 9.88 Å². The monoisotopic (exact) mass is 509 g/mol. The third kappa shape index (κ3) is 6.08. The van der Waals surface area contributed by atoms with E-state index >= 15 is 0 Å². The third-order valence-electron chi connectivity index (χ3n) is 6.59. The number of benzene rings is 2. The van der Waals surface area contributed by atoms with Gasteiger partial charge in [0.05, 0.1) is 5.56 Å². The number of likely N-dealkylation sites (tertiary alicyclic amines) is 1. The first-order chi connectivity index (χ1) is 17.9. The molecule has 2 aromatic carbocycles. The zero-order valence-electron chi connectivity index (χ0n) is 20.5. The third-order valence-corrected chi connectivity index (χ3v) is 6.59. The number of carbonyl (C=O) groups is 1. The van der Waals surface area contributed by atoms with Gasteiger partial charge in [-0.25, -0.2) is 4.98 Å². The zero-order chi connectivity index (χ0) is 25.8. The van der Waals surface area contributed by atoms with Crippen molar-refractivity contribution < 1.29 is 23.0 Å². The fraction of sp³-hybridized carbons (Fsp3) is 0.333. The molecule has 2 aliphatic rings. The van der Waals surface area contributed by atoms with Crippen LogP contribution in [0, 0.1) is 0 Å². The number of aromatic nitrogens is 1. The maximum atomic E-state index is 13.3. The van der Waals surface area contributed by atoms with Crippen LogP contribution in [0.25, 0.3) is 0 Å². The highest BCUT2D eigenvalue weighted by Gasteiger charge is 2.43. The SMILES string of the molecule is CN1CCCC1CCNc1cc(CNc2ccccc2C(=O)Nc2ccc3c(c2)OC(F)(F)O3)ccn1. The van der Waals surface area contributed by atoms with E-state index in [1.165, 1.54) is 37.6 Å². The Morgan fingerprint density at radius 2 is 1.95 bits per heavy atom. The lowest BCUT2D eigenvalue weighted by Gasteiger charge is -2.19. The van der Waals surface area contributed by atoms with E-state index in [0.717, 1.165) is 24.3 Å². The van der Waals surface area contributed by atoms with Crippen LogP contribution in [0.15, 0.2) is 60.8 Å². The van der Waals surface area contributed by atoms with Gasteiger partial charge in [0.25, 0.3) is 5.91 Å². The molecule has 3 heterocycles. The van der Waals surface area contributed by atoms with Crippen molar-refractivity contribution in [2.45, 2.75) is 38.1 Å². The molecule has 1 aromatic heterocycles. The van der Waals surface area contributed by atoms with Crippen LogP contribution >= 0.6 is 0 Å². The molecule has 2 aliphatic heterocycles. The van der Waals surface area contributed by atoms with E-state index in [-0.39, 0.29) is 17.4 Å². The van der Waals surface area contributed by atoms with Crippen LogP contribution in [0.1, 0.15) is 35.2 Å². The second-order valence-corrected chi connectivity index (χ2v) is 9.22. The molecule has 3 aromatic rings. The molecule has 10 heteroatoms. The number of nitrogens with one attached hydrogen (secondary N) is 3. The molecule has 194 valence electrons. The van der Waals surface area contributed by atoms with Crippen molar-refractivity contribution in [3.63, 3.8) is 0 Å². The number of hydrogen-bond acceptors (Lipinski definition) is 7. The predicted octanol–water partition coefficient (Wildman–Crippen LogP) is 5.16. The Bertz CT molecular complexity index is 1270. The Morgan fingerprint density at radius 1 is 1.11 bits per heavy atom. The Balaban J connectivity index is 1.18. The highest BCUT2D eigenvalue weighted by molar-refractivity contribution is 6.08. The number of alkyl halides is 2.